The summed E-state index contributed by atoms with van der Waals surface area (Å²) in [7, 11) is 0. The van der Waals surface area contributed by atoms with Crippen LogP contribution in [0, 0.1) is 6.92 Å². The molecule has 0 spiro atoms. The van der Waals surface area contributed by atoms with Crippen molar-refractivity contribution in [2.75, 3.05) is 13.2 Å². The minimum absolute atomic E-state index is 0.0192. The molecular formula is C20H18NO6-. The normalized spacial score (nSPS) is 15.5. The number of carbonyl (C=O) groups excluding carboxylic acids is 3. The summed E-state index contributed by atoms with van der Waals surface area (Å²) < 4.78 is 11.0. The quantitative estimate of drug-likeness (QED) is 0.569. The van der Waals surface area contributed by atoms with E-state index < -0.39 is 17.9 Å². The number of aryl methyl sites for hydroxylation is 1. The number of hydrogen-bond donors (Lipinski definition) is 0. The van der Waals surface area contributed by atoms with Crippen molar-refractivity contribution in [3.63, 3.8) is 0 Å². The molecule has 3 rings (SSSR count). The lowest BCUT2D eigenvalue weighted by atomic mass is 9.80. The molecule has 0 radical (unpaired) electrons. The summed E-state index contributed by atoms with van der Waals surface area (Å²) >= 11 is 0. The number of rotatable bonds is 6. The standard InChI is InChI=1S/C20H19NO6/c1-3-26-20(25)16-11(2)27-19-13-7-5-4-6-12(13)18(24)14(17(16)19)10-21-9-8-15(22)23/h4-7,10,14H,3,8-9H2,1-2H3,(H,22,23)/p-1/t14-/m1/s1. The van der Waals surface area contributed by atoms with Gasteiger partial charge in [0, 0.05) is 41.8 Å². The summed E-state index contributed by atoms with van der Waals surface area (Å²) in [5.41, 5.74) is 1.69. The molecule has 0 N–H and O–H groups in total. The molecule has 0 aliphatic heterocycles. The first kappa shape index (κ1) is 18.6. The van der Waals surface area contributed by atoms with Crippen LogP contribution in [0.15, 0.2) is 33.7 Å². The summed E-state index contributed by atoms with van der Waals surface area (Å²) in [4.78, 5) is 40.1. The van der Waals surface area contributed by atoms with Gasteiger partial charge in [-0.1, -0.05) is 24.3 Å². The lowest BCUT2D eigenvalue weighted by molar-refractivity contribution is -0.305. The van der Waals surface area contributed by atoms with Crippen LogP contribution in [0.5, 0.6) is 0 Å². The van der Waals surface area contributed by atoms with Gasteiger partial charge in [0.05, 0.1) is 12.5 Å². The van der Waals surface area contributed by atoms with Crippen molar-refractivity contribution in [2.45, 2.75) is 26.2 Å². The number of esters is 1. The first-order valence-corrected chi connectivity index (χ1v) is 8.59. The minimum atomic E-state index is -1.22. The second-order valence-corrected chi connectivity index (χ2v) is 6.06. The molecule has 1 heterocycles. The first-order valence-electron chi connectivity index (χ1n) is 8.59. The maximum absolute atomic E-state index is 13.0. The minimum Gasteiger partial charge on any atom is -0.550 e. The fraction of sp³-hybridized carbons (Fsp3) is 0.300. The van der Waals surface area contributed by atoms with Crippen molar-refractivity contribution in [2.24, 2.45) is 4.99 Å². The van der Waals surface area contributed by atoms with E-state index in [1.807, 2.05) is 0 Å². The van der Waals surface area contributed by atoms with Crippen molar-refractivity contribution in [3.8, 4) is 11.3 Å². The van der Waals surface area contributed by atoms with Crippen LogP contribution in [0.2, 0.25) is 0 Å². The number of benzene rings is 1. The SMILES string of the molecule is CCOC(=O)c1c(C)oc2c1[C@@H](C=NCCC(=O)[O-])C(=O)c1ccccc1-2. The van der Waals surface area contributed by atoms with Gasteiger partial charge in [-0.25, -0.2) is 4.79 Å². The van der Waals surface area contributed by atoms with Gasteiger partial charge in [0.25, 0.3) is 0 Å². The largest absolute Gasteiger partial charge is 0.550 e. The fourth-order valence-electron chi connectivity index (χ4n) is 3.19. The van der Waals surface area contributed by atoms with Crippen LogP contribution < -0.4 is 5.11 Å². The Morgan fingerprint density at radius 1 is 1.30 bits per heavy atom. The molecule has 1 aliphatic rings. The van der Waals surface area contributed by atoms with Crippen LogP contribution in [0.4, 0.5) is 0 Å². The van der Waals surface area contributed by atoms with Crippen molar-refractivity contribution < 1.29 is 28.6 Å². The second-order valence-electron chi connectivity index (χ2n) is 6.06. The van der Waals surface area contributed by atoms with E-state index in [2.05, 4.69) is 4.99 Å². The lowest BCUT2D eigenvalue weighted by Crippen LogP contribution is -2.24. The molecule has 1 aromatic carbocycles. The van der Waals surface area contributed by atoms with Gasteiger partial charge in [-0.15, -0.1) is 0 Å². The number of aliphatic carboxylic acids is 1. The third-order valence-electron chi connectivity index (χ3n) is 4.33. The number of carboxylic acids is 1. The molecule has 0 saturated heterocycles. The summed E-state index contributed by atoms with van der Waals surface area (Å²) in [6, 6.07) is 6.97. The second kappa shape index (κ2) is 7.57. The number of fused-ring (bicyclic) bond motifs is 3. The van der Waals surface area contributed by atoms with Gasteiger partial charge in [0.2, 0.25) is 0 Å². The molecule has 1 aliphatic carbocycles. The molecule has 1 aromatic heterocycles. The highest BCUT2D eigenvalue weighted by Gasteiger charge is 2.39. The Bertz CT molecular complexity index is 940. The number of nitrogens with zero attached hydrogens (tertiary/aromatic N) is 1. The van der Waals surface area contributed by atoms with Crippen LogP contribution in [0.1, 0.15) is 51.3 Å². The van der Waals surface area contributed by atoms with E-state index in [0.29, 0.717) is 28.2 Å². The monoisotopic (exact) mass is 368 g/mol. The van der Waals surface area contributed by atoms with Gasteiger partial charge >= 0.3 is 5.97 Å². The highest BCUT2D eigenvalue weighted by atomic mass is 16.5. The predicted molar refractivity (Wildman–Crippen MR) is 94.9 cm³/mol. The average molecular weight is 368 g/mol. The van der Waals surface area contributed by atoms with Gasteiger partial charge < -0.3 is 19.1 Å². The van der Waals surface area contributed by atoms with Gasteiger partial charge in [0.1, 0.15) is 17.1 Å². The van der Waals surface area contributed by atoms with Gasteiger partial charge in [0.15, 0.2) is 5.78 Å². The molecule has 0 unspecified atom stereocenters. The van der Waals surface area contributed by atoms with Crippen LogP contribution >= 0.6 is 0 Å². The number of aliphatic imine (C=N–C) groups is 1. The zero-order chi connectivity index (χ0) is 19.6. The molecule has 140 valence electrons. The Balaban J connectivity index is 2.13. The van der Waals surface area contributed by atoms with E-state index >= 15 is 0 Å². The zero-order valence-corrected chi connectivity index (χ0v) is 15.0. The third kappa shape index (κ3) is 3.40. The Hall–Kier alpha value is -3.22. The molecule has 7 heteroatoms. The number of carbonyl (C=O) groups is 3. The van der Waals surface area contributed by atoms with E-state index in [0.717, 1.165) is 0 Å². The number of hydrogen-bond acceptors (Lipinski definition) is 7. The van der Waals surface area contributed by atoms with Crippen molar-refractivity contribution >= 4 is 23.9 Å². The van der Waals surface area contributed by atoms with Gasteiger partial charge in [-0.2, -0.15) is 0 Å². The predicted octanol–water partition coefficient (Wildman–Crippen LogP) is 1.92. The van der Waals surface area contributed by atoms with Crippen LogP contribution in [-0.4, -0.2) is 37.1 Å². The van der Waals surface area contributed by atoms with Crippen molar-refractivity contribution in [1.29, 1.82) is 0 Å². The van der Waals surface area contributed by atoms with E-state index in [4.69, 9.17) is 9.15 Å². The zero-order valence-electron chi connectivity index (χ0n) is 15.0. The third-order valence-corrected chi connectivity index (χ3v) is 4.33. The first-order chi connectivity index (χ1) is 13.0. The van der Waals surface area contributed by atoms with Gasteiger partial charge in [-0.3, -0.25) is 9.79 Å². The number of Topliss-reactive ketones (excluding diaryl/α,β-unsaturated/α-hetero) is 1. The number of ketones is 1. The smallest absolute Gasteiger partial charge is 0.342 e. The Kier molecular flexibility index (Phi) is 5.21. The molecule has 2 aromatic rings. The van der Waals surface area contributed by atoms with E-state index in [9.17, 15) is 19.5 Å². The molecule has 0 fully saturated rings. The summed E-state index contributed by atoms with van der Waals surface area (Å²) in [5, 5.41) is 10.6. The topological polar surface area (TPSA) is 109 Å². The Morgan fingerprint density at radius 2 is 2.00 bits per heavy atom. The Labute approximate surface area is 155 Å². The maximum atomic E-state index is 13.0. The van der Waals surface area contributed by atoms with E-state index in [1.165, 1.54) is 6.21 Å². The Morgan fingerprint density at radius 3 is 2.67 bits per heavy atom. The van der Waals surface area contributed by atoms with E-state index in [1.54, 1.807) is 38.1 Å². The highest BCUT2D eigenvalue weighted by Crippen LogP contribution is 2.43. The van der Waals surface area contributed by atoms with Crippen molar-refractivity contribution in [3.05, 3.63) is 46.7 Å². The van der Waals surface area contributed by atoms with Crippen LogP contribution in [0.25, 0.3) is 11.3 Å². The molecule has 0 saturated carbocycles. The number of furan rings is 1. The molecule has 27 heavy (non-hydrogen) atoms. The van der Waals surface area contributed by atoms with Crippen LogP contribution in [-0.2, 0) is 9.53 Å². The van der Waals surface area contributed by atoms with Crippen LogP contribution in [0.3, 0.4) is 0 Å². The maximum Gasteiger partial charge on any atom is 0.342 e. The highest BCUT2D eigenvalue weighted by molar-refractivity contribution is 6.18. The number of carboxylic acid groups (broad SMARTS) is 1. The summed E-state index contributed by atoms with van der Waals surface area (Å²) in [6.45, 7) is 3.50. The van der Waals surface area contributed by atoms with Gasteiger partial charge in [-0.05, 0) is 13.8 Å². The number of ether oxygens (including phenoxy) is 1. The molecule has 1 atom stereocenters. The summed E-state index contributed by atoms with van der Waals surface area (Å²) in [5.74, 6) is -2.09. The molecule has 0 bridgehead atoms. The molecular weight excluding hydrogens is 350 g/mol. The lowest BCUT2D eigenvalue weighted by Gasteiger charge is -2.21. The van der Waals surface area contributed by atoms with Crippen molar-refractivity contribution in [1.82, 2.24) is 0 Å². The average Bonchev–Trinajstić information content (AvgIpc) is 2.98. The summed E-state index contributed by atoms with van der Waals surface area (Å²) in [6.07, 6.45) is 1.12. The fourth-order valence-corrected chi connectivity index (χ4v) is 3.19. The molecule has 0 amide bonds. The van der Waals surface area contributed by atoms with E-state index in [-0.39, 0.29) is 30.9 Å². The molecule has 7 nitrogen and oxygen atoms in total.